The summed E-state index contributed by atoms with van der Waals surface area (Å²) in [4.78, 5) is 11.7. The van der Waals surface area contributed by atoms with E-state index in [2.05, 4.69) is 21.2 Å². The van der Waals surface area contributed by atoms with E-state index in [0.29, 0.717) is 6.54 Å². The highest BCUT2D eigenvalue weighted by Crippen LogP contribution is 2.27. The van der Waals surface area contributed by atoms with E-state index >= 15 is 0 Å². The number of halogens is 2. The molecule has 0 aliphatic carbocycles. The van der Waals surface area contributed by atoms with E-state index in [1.54, 1.807) is 0 Å². The summed E-state index contributed by atoms with van der Waals surface area (Å²) in [7, 11) is -4.13. The average molecular weight is 381 g/mol. The van der Waals surface area contributed by atoms with Crippen LogP contribution in [0.25, 0.3) is 0 Å². The third-order valence-corrected chi connectivity index (χ3v) is 5.29. The van der Waals surface area contributed by atoms with Gasteiger partial charge in [-0.05, 0) is 39.9 Å². The lowest BCUT2D eigenvalue weighted by Gasteiger charge is -2.23. The van der Waals surface area contributed by atoms with E-state index in [4.69, 9.17) is 5.14 Å². The van der Waals surface area contributed by atoms with Crippen molar-refractivity contribution in [3.63, 3.8) is 0 Å². The molecule has 1 aromatic rings. The summed E-state index contributed by atoms with van der Waals surface area (Å²) in [6, 6.07) is 1.74. The molecule has 0 unspecified atom stereocenters. The second kappa shape index (κ2) is 6.41. The Hall–Kier alpha value is -0.990. The summed E-state index contributed by atoms with van der Waals surface area (Å²) in [6.45, 7) is 6.33. The molecule has 1 rings (SSSR count). The van der Waals surface area contributed by atoms with Gasteiger partial charge < -0.3 is 5.32 Å². The standard InChI is InChI=1S/C13H18BrFN2O3S/c1-4-13(2,3)7-17-12(18)9-5-8(15)6-10(11(9)14)21(16,19)20/h5-6H,4,7H2,1-3H3,(H,17,18)(H2,16,19,20). The van der Waals surface area contributed by atoms with Crippen molar-refractivity contribution < 1.29 is 17.6 Å². The van der Waals surface area contributed by atoms with Crippen LogP contribution in [-0.4, -0.2) is 20.9 Å². The number of nitrogens with one attached hydrogen (secondary N) is 1. The maximum absolute atomic E-state index is 13.5. The maximum Gasteiger partial charge on any atom is 0.252 e. The van der Waals surface area contributed by atoms with Crippen LogP contribution in [-0.2, 0) is 10.0 Å². The Morgan fingerprint density at radius 3 is 2.48 bits per heavy atom. The summed E-state index contributed by atoms with van der Waals surface area (Å²) in [5.41, 5.74) is -0.218. The summed E-state index contributed by atoms with van der Waals surface area (Å²) < 4.78 is 36.3. The van der Waals surface area contributed by atoms with Crippen LogP contribution >= 0.6 is 15.9 Å². The van der Waals surface area contributed by atoms with Crippen LogP contribution < -0.4 is 10.5 Å². The maximum atomic E-state index is 13.5. The first-order valence-corrected chi connectivity index (χ1v) is 8.62. The molecule has 21 heavy (non-hydrogen) atoms. The number of benzene rings is 1. The Morgan fingerprint density at radius 1 is 1.43 bits per heavy atom. The van der Waals surface area contributed by atoms with E-state index in [0.717, 1.165) is 18.6 Å². The molecule has 0 saturated carbocycles. The number of rotatable bonds is 5. The highest BCUT2D eigenvalue weighted by atomic mass is 79.9. The van der Waals surface area contributed by atoms with Crippen LogP contribution in [0.15, 0.2) is 21.5 Å². The van der Waals surface area contributed by atoms with E-state index in [1.807, 2.05) is 20.8 Å². The van der Waals surface area contributed by atoms with Crippen LogP contribution in [0.4, 0.5) is 4.39 Å². The van der Waals surface area contributed by atoms with Gasteiger partial charge in [0, 0.05) is 6.54 Å². The van der Waals surface area contributed by atoms with Crippen molar-refractivity contribution in [1.82, 2.24) is 5.32 Å². The van der Waals surface area contributed by atoms with Gasteiger partial charge in [0.25, 0.3) is 5.91 Å². The second-order valence-corrected chi connectivity index (χ2v) is 7.83. The Kier molecular flexibility index (Phi) is 5.51. The minimum Gasteiger partial charge on any atom is -0.351 e. The molecular formula is C13H18BrFN2O3S. The summed E-state index contributed by atoms with van der Waals surface area (Å²) in [5.74, 6) is -1.41. The molecule has 3 N–H and O–H groups in total. The van der Waals surface area contributed by atoms with Crippen LogP contribution in [0.5, 0.6) is 0 Å². The zero-order valence-corrected chi connectivity index (χ0v) is 14.4. The fourth-order valence-electron chi connectivity index (χ4n) is 1.48. The number of carbonyl (C=O) groups is 1. The lowest BCUT2D eigenvalue weighted by molar-refractivity contribution is 0.0934. The topological polar surface area (TPSA) is 89.3 Å². The van der Waals surface area contributed by atoms with E-state index in [9.17, 15) is 17.6 Å². The van der Waals surface area contributed by atoms with Crippen molar-refractivity contribution in [2.24, 2.45) is 10.6 Å². The quantitative estimate of drug-likeness (QED) is 0.821. The van der Waals surface area contributed by atoms with Crippen molar-refractivity contribution >= 4 is 31.9 Å². The smallest absolute Gasteiger partial charge is 0.252 e. The highest BCUT2D eigenvalue weighted by Gasteiger charge is 2.23. The van der Waals surface area contributed by atoms with Gasteiger partial charge in [-0.15, -0.1) is 0 Å². The molecule has 0 heterocycles. The SMILES string of the molecule is CCC(C)(C)CNC(=O)c1cc(F)cc(S(N)(=O)=O)c1Br. The number of amides is 1. The van der Waals surface area contributed by atoms with Gasteiger partial charge in [0.05, 0.1) is 14.9 Å². The molecule has 1 amide bonds. The normalized spacial score (nSPS) is 12.3. The molecule has 0 radical (unpaired) electrons. The predicted molar refractivity (Wildman–Crippen MR) is 81.9 cm³/mol. The third kappa shape index (κ3) is 4.76. The molecule has 1 aromatic carbocycles. The molecule has 5 nitrogen and oxygen atoms in total. The zero-order valence-electron chi connectivity index (χ0n) is 12.0. The molecule has 0 saturated heterocycles. The fourth-order valence-corrected chi connectivity index (χ4v) is 3.20. The van der Waals surface area contributed by atoms with Crippen LogP contribution in [0, 0.1) is 11.2 Å². The number of sulfonamides is 1. The van der Waals surface area contributed by atoms with Crippen molar-refractivity contribution in [1.29, 1.82) is 0 Å². The molecule has 0 spiro atoms. The number of hydrogen-bond donors (Lipinski definition) is 2. The van der Waals surface area contributed by atoms with Crippen molar-refractivity contribution in [3.8, 4) is 0 Å². The van der Waals surface area contributed by atoms with Gasteiger partial charge in [0.1, 0.15) is 5.82 Å². The second-order valence-electron chi connectivity index (χ2n) is 5.51. The van der Waals surface area contributed by atoms with Gasteiger partial charge in [-0.2, -0.15) is 0 Å². The minimum absolute atomic E-state index is 0.0433. The number of primary sulfonamides is 1. The first kappa shape index (κ1) is 18.1. The fraction of sp³-hybridized carbons (Fsp3) is 0.462. The van der Waals surface area contributed by atoms with E-state index < -0.39 is 26.6 Å². The molecular weight excluding hydrogens is 363 g/mol. The summed E-state index contributed by atoms with van der Waals surface area (Å²) in [5, 5.41) is 7.67. The molecule has 0 aromatic heterocycles. The minimum atomic E-state index is -4.13. The van der Waals surface area contributed by atoms with Crippen LogP contribution in [0.1, 0.15) is 37.6 Å². The first-order chi connectivity index (χ1) is 9.48. The van der Waals surface area contributed by atoms with Gasteiger partial charge in [-0.3, -0.25) is 4.79 Å². The Balaban J connectivity index is 3.14. The van der Waals surface area contributed by atoms with Crippen molar-refractivity contribution in [2.75, 3.05) is 6.54 Å². The van der Waals surface area contributed by atoms with Gasteiger partial charge in [0.15, 0.2) is 0 Å². The van der Waals surface area contributed by atoms with Crippen molar-refractivity contribution in [2.45, 2.75) is 32.1 Å². The predicted octanol–water partition coefficient (Wildman–Crippen LogP) is 2.40. The van der Waals surface area contributed by atoms with Crippen LogP contribution in [0.3, 0.4) is 0 Å². The van der Waals surface area contributed by atoms with E-state index in [1.165, 1.54) is 0 Å². The number of carbonyl (C=O) groups excluding carboxylic acids is 1. The molecule has 0 atom stereocenters. The largest absolute Gasteiger partial charge is 0.351 e. The zero-order chi connectivity index (χ0) is 16.4. The van der Waals surface area contributed by atoms with Gasteiger partial charge >= 0.3 is 0 Å². The summed E-state index contributed by atoms with van der Waals surface area (Å²) >= 11 is 3.00. The molecule has 0 fully saturated rings. The number of hydrogen-bond acceptors (Lipinski definition) is 3. The number of nitrogens with two attached hydrogens (primary N) is 1. The lowest BCUT2D eigenvalue weighted by Crippen LogP contribution is -2.34. The highest BCUT2D eigenvalue weighted by molar-refractivity contribution is 9.10. The third-order valence-electron chi connectivity index (χ3n) is 3.24. The lowest BCUT2D eigenvalue weighted by atomic mass is 9.90. The van der Waals surface area contributed by atoms with Gasteiger partial charge in [0.2, 0.25) is 10.0 Å². The Bertz CT molecular complexity index is 660. The average Bonchev–Trinajstić information content (AvgIpc) is 2.37. The molecule has 118 valence electrons. The summed E-state index contributed by atoms with van der Waals surface area (Å²) in [6.07, 6.45) is 0.847. The first-order valence-electron chi connectivity index (χ1n) is 6.28. The molecule has 0 aliphatic rings. The Labute approximate surface area is 132 Å². The molecule has 0 aliphatic heterocycles. The van der Waals surface area contributed by atoms with Gasteiger partial charge in [-0.25, -0.2) is 17.9 Å². The monoisotopic (exact) mass is 380 g/mol. The van der Waals surface area contributed by atoms with Crippen molar-refractivity contribution in [3.05, 3.63) is 28.0 Å². The Morgan fingerprint density at radius 2 is 2.00 bits per heavy atom. The van der Waals surface area contributed by atoms with Gasteiger partial charge in [-0.1, -0.05) is 20.8 Å². The molecule has 0 bridgehead atoms. The van der Waals surface area contributed by atoms with E-state index in [-0.39, 0.29) is 15.5 Å². The molecule has 8 heteroatoms. The van der Waals surface area contributed by atoms with Crippen LogP contribution in [0.2, 0.25) is 0 Å².